The molecule has 0 aromatic heterocycles. The summed E-state index contributed by atoms with van der Waals surface area (Å²) in [7, 11) is 0. The normalized spacial score (nSPS) is 15.7. The topological polar surface area (TPSA) is 38.3 Å². The van der Waals surface area contributed by atoms with Crippen molar-refractivity contribution in [3.05, 3.63) is 64.7 Å². The molecule has 0 bridgehead atoms. The molecule has 3 heteroatoms. The summed E-state index contributed by atoms with van der Waals surface area (Å²) in [6.07, 6.45) is 5.22. The summed E-state index contributed by atoms with van der Waals surface area (Å²) in [6.45, 7) is 5.94. The number of nitrogens with one attached hydrogen (secondary N) is 1. The summed E-state index contributed by atoms with van der Waals surface area (Å²) in [5, 5.41) is 3.16. The van der Waals surface area contributed by atoms with Crippen molar-refractivity contribution in [2.24, 2.45) is 0 Å². The van der Waals surface area contributed by atoms with Gasteiger partial charge in [-0.15, -0.1) is 0 Å². The van der Waals surface area contributed by atoms with Crippen LogP contribution in [0.2, 0.25) is 0 Å². The van der Waals surface area contributed by atoms with Crippen molar-refractivity contribution in [1.82, 2.24) is 5.32 Å². The van der Waals surface area contributed by atoms with Crippen molar-refractivity contribution in [3.8, 4) is 5.75 Å². The number of aryl methyl sites for hydroxylation is 3. The van der Waals surface area contributed by atoms with E-state index >= 15 is 0 Å². The number of fused-ring (bicyclic) bond motifs is 1. The van der Waals surface area contributed by atoms with Crippen LogP contribution in [0.25, 0.3) is 0 Å². The SMILES string of the molecule is CC[C@H](NC(=O)[C@@H](C)Oc1ccc(C)cc1)c1ccc2c(c1)CCCC2. The van der Waals surface area contributed by atoms with E-state index in [1.807, 2.05) is 31.2 Å². The molecule has 0 saturated heterocycles. The van der Waals surface area contributed by atoms with Crippen molar-refractivity contribution in [2.45, 2.75) is 65.0 Å². The standard InChI is InChI=1S/C23H29NO2/c1-4-22(20-12-11-18-7-5-6-8-19(18)15-20)24-23(25)17(3)26-21-13-9-16(2)10-14-21/h9-15,17,22H,4-8H2,1-3H3,(H,24,25)/t17-,22+/m1/s1. The molecular formula is C23H29NO2. The van der Waals surface area contributed by atoms with Gasteiger partial charge in [0.25, 0.3) is 5.91 Å². The molecule has 0 radical (unpaired) electrons. The Morgan fingerprint density at radius 2 is 1.77 bits per heavy atom. The number of hydrogen-bond acceptors (Lipinski definition) is 2. The van der Waals surface area contributed by atoms with Crippen LogP contribution in [0.1, 0.15) is 61.4 Å². The van der Waals surface area contributed by atoms with E-state index in [0.717, 1.165) is 18.6 Å². The van der Waals surface area contributed by atoms with Gasteiger partial charge in [-0.05, 0) is 74.8 Å². The van der Waals surface area contributed by atoms with Crippen molar-refractivity contribution < 1.29 is 9.53 Å². The molecule has 2 aromatic carbocycles. The van der Waals surface area contributed by atoms with E-state index in [-0.39, 0.29) is 11.9 Å². The number of amides is 1. The van der Waals surface area contributed by atoms with Crippen LogP contribution in [0.4, 0.5) is 0 Å². The number of ether oxygens (including phenoxy) is 1. The lowest BCUT2D eigenvalue weighted by Crippen LogP contribution is -2.38. The van der Waals surface area contributed by atoms with Gasteiger partial charge in [0, 0.05) is 0 Å². The predicted molar refractivity (Wildman–Crippen MR) is 106 cm³/mol. The van der Waals surface area contributed by atoms with Crippen LogP contribution in [0.15, 0.2) is 42.5 Å². The molecule has 26 heavy (non-hydrogen) atoms. The Balaban J connectivity index is 1.65. The van der Waals surface area contributed by atoms with Crippen molar-refractivity contribution in [3.63, 3.8) is 0 Å². The zero-order chi connectivity index (χ0) is 18.5. The number of hydrogen-bond donors (Lipinski definition) is 1. The molecule has 0 fully saturated rings. The van der Waals surface area contributed by atoms with E-state index in [1.165, 1.54) is 41.5 Å². The van der Waals surface area contributed by atoms with Gasteiger partial charge in [-0.1, -0.05) is 42.8 Å². The molecule has 0 spiro atoms. The van der Waals surface area contributed by atoms with Gasteiger partial charge in [0.1, 0.15) is 5.75 Å². The lowest BCUT2D eigenvalue weighted by atomic mass is 9.89. The Morgan fingerprint density at radius 1 is 1.08 bits per heavy atom. The zero-order valence-corrected chi connectivity index (χ0v) is 16.0. The van der Waals surface area contributed by atoms with Crippen LogP contribution in [-0.2, 0) is 17.6 Å². The molecule has 1 amide bonds. The summed E-state index contributed by atoms with van der Waals surface area (Å²) < 4.78 is 5.79. The Morgan fingerprint density at radius 3 is 2.46 bits per heavy atom. The van der Waals surface area contributed by atoms with E-state index in [0.29, 0.717) is 0 Å². The Hall–Kier alpha value is -2.29. The van der Waals surface area contributed by atoms with Crippen molar-refractivity contribution in [1.29, 1.82) is 0 Å². The summed E-state index contributed by atoms with van der Waals surface area (Å²) in [4.78, 5) is 12.6. The maximum Gasteiger partial charge on any atom is 0.261 e. The van der Waals surface area contributed by atoms with Gasteiger partial charge in [0.05, 0.1) is 6.04 Å². The highest BCUT2D eigenvalue weighted by molar-refractivity contribution is 5.81. The summed E-state index contributed by atoms with van der Waals surface area (Å²) >= 11 is 0. The smallest absolute Gasteiger partial charge is 0.261 e. The third kappa shape index (κ3) is 4.46. The minimum atomic E-state index is -0.524. The lowest BCUT2D eigenvalue weighted by molar-refractivity contribution is -0.128. The highest BCUT2D eigenvalue weighted by Gasteiger charge is 2.20. The van der Waals surface area contributed by atoms with Crippen LogP contribution in [0, 0.1) is 6.92 Å². The average molecular weight is 351 g/mol. The first kappa shape index (κ1) is 18.5. The van der Waals surface area contributed by atoms with E-state index in [9.17, 15) is 4.79 Å². The monoisotopic (exact) mass is 351 g/mol. The van der Waals surface area contributed by atoms with Gasteiger partial charge in [-0.25, -0.2) is 0 Å². The molecule has 138 valence electrons. The van der Waals surface area contributed by atoms with Crippen LogP contribution in [-0.4, -0.2) is 12.0 Å². The molecule has 1 aliphatic rings. The summed E-state index contributed by atoms with van der Waals surface area (Å²) in [5.74, 6) is 0.648. The second-order valence-electron chi connectivity index (χ2n) is 7.28. The fraction of sp³-hybridized carbons (Fsp3) is 0.435. The molecule has 1 N–H and O–H groups in total. The quantitative estimate of drug-likeness (QED) is 0.803. The molecule has 1 aliphatic carbocycles. The molecule has 0 saturated carbocycles. The first-order valence-corrected chi connectivity index (χ1v) is 9.72. The first-order chi connectivity index (χ1) is 12.6. The van der Waals surface area contributed by atoms with Crippen LogP contribution >= 0.6 is 0 Å². The number of rotatable bonds is 6. The summed E-state index contributed by atoms with van der Waals surface area (Å²) in [6, 6.07) is 14.5. The van der Waals surface area contributed by atoms with Crippen LogP contribution in [0.3, 0.4) is 0 Å². The van der Waals surface area contributed by atoms with Gasteiger partial charge >= 0.3 is 0 Å². The molecule has 0 unspecified atom stereocenters. The van der Waals surface area contributed by atoms with E-state index in [4.69, 9.17) is 4.74 Å². The molecule has 2 aromatic rings. The second kappa shape index (κ2) is 8.39. The molecule has 3 nitrogen and oxygen atoms in total. The highest BCUT2D eigenvalue weighted by Crippen LogP contribution is 2.26. The van der Waals surface area contributed by atoms with E-state index in [2.05, 4.69) is 30.4 Å². The van der Waals surface area contributed by atoms with E-state index in [1.54, 1.807) is 6.92 Å². The molecular weight excluding hydrogens is 322 g/mol. The summed E-state index contributed by atoms with van der Waals surface area (Å²) in [5.41, 5.74) is 5.29. The van der Waals surface area contributed by atoms with Gasteiger partial charge in [0.2, 0.25) is 0 Å². The maximum absolute atomic E-state index is 12.6. The van der Waals surface area contributed by atoms with Gasteiger partial charge in [-0.3, -0.25) is 4.79 Å². The maximum atomic E-state index is 12.6. The van der Waals surface area contributed by atoms with E-state index < -0.39 is 6.10 Å². The number of carbonyl (C=O) groups excluding carboxylic acids is 1. The molecule has 0 aliphatic heterocycles. The third-order valence-corrected chi connectivity index (χ3v) is 5.20. The fourth-order valence-corrected chi connectivity index (χ4v) is 3.55. The third-order valence-electron chi connectivity index (χ3n) is 5.20. The van der Waals surface area contributed by atoms with Gasteiger partial charge in [0.15, 0.2) is 6.10 Å². The molecule has 3 rings (SSSR count). The largest absolute Gasteiger partial charge is 0.481 e. The second-order valence-corrected chi connectivity index (χ2v) is 7.28. The van der Waals surface area contributed by atoms with Gasteiger partial charge in [-0.2, -0.15) is 0 Å². The van der Waals surface area contributed by atoms with Crippen LogP contribution < -0.4 is 10.1 Å². The fourth-order valence-electron chi connectivity index (χ4n) is 3.55. The lowest BCUT2D eigenvalue weighted by Gasteiger charge is -2.23. The van der Waals surface area contributed by atoms with Crippen molar-refractivity contribution in [2.75, 3.05) is 0 Å². The van der Waals surface area contributed by atoms with Gasteiger partial charge < -0.3 is 10.1 Å². The zero-order valence-electron chi connectivity index (χ0n) is 16.0. The number of benzene rings is 2. The average Bonchev–Trinajstić information content (AvgIpc) is 2.67. The highest BCUT2D eigenvalue weighted by atomic mass is 16.5. The predicted octanol–water partition coefficient (Wildman–Crippen LogP) is 4.91. The molecule has 2 atom stereocenters. The Kier molecular flexibility index (Phi) is 5.97. The minimum absolute atomic E-state index is 0.0267. The van der Waals surface area contributed by atoms with Crippen LogP contribution in [0.5, 0.6) is 5.75 Å². The Labute approximate surface area is 156 Å². The van der Waals surface area contributed by atoms with Crippen molar-refractivity contribution >= 4 is 5.91 Å². The first-order valence-electron chi connectivity index (χ1n) is 9.72. The molecule has 0 heterocycles. The Bertz CT molecular complexity index is 751. The minimum Gasteiger partial charge on any atom is -0.481 e. The number of carbonyl (C=O) groups is 1.